The number of rotatable bonds is 22. The van der Waals surface area contributed by atoms with Crippen LogP contribution in [0, 0.1) is 34.5 Å². The van der Waals surface area contributed by atoms with Gasteiger partial charge in [0, 0.05) is 82.5 Å². The highest BCUT2D eigenvalue weighted by Gasteiger charge is 2.92. The van der Waals surface area contributed by atoms with E-state index in [4.69, 9.17) is 28.4 Å². The van der Waals surface area contributed by atoms with Crippen LogP contribution in [0.25, 0.3) is 0 Å². The summed E-state index contributed by atoms with van der Waals surface area (Å²) in [6.45, 7) is 5.54. The van der Waals surface area contributed by atoms with Crippen molar-refractivity contribution in [2.75, 3.05) is 48.1 Å². The fourth-order valence-corrected chi connectivity index (χ4v) is 14.2. The monoisotopic (exact) mass is 864 g/mol. The number of nitrogens with zero attached hydrogens (tertiary/aromatic N) is 1. The number of aliphatic hydroxyl groups excluding tert-OH is 2. The Kier molecular flexibility index (Phi) is 14.9. The van der Waals surface area contributed by atoms with E-state index in [1.807, 2.05) is 6.07 Å². The minimum absolute atomic E-state index is 0.0779. The van der Waals surface area contributed by atoms with Gasteiger partial charge in [-0.15, -0.1) is 0 Å². The largest absolute Gasteiger partial charge is 0.455 e. The highest BCUT2D eigenvalue weighted by atomic mass is 16.6. The van der Waals surface area contributed by atoms with Crippen LogP contribution in [-0.2, 0) is 33.2 Å². The highest BCUT2D eigenvalue weighted by Crippen LogP contribution is 2.80. The van der Waals surface area contributed by atoms with Crippen LogP contribution in [0.2, 0.25) is 0 Å². The number of methoxy groups -OCH3 is 4. The number of piperidine rings is 1. The normalized spacial score (nSPS) is 40.5. The van der Waals surface area contributed by atoms with E-state index in [0.717, 1.165) is 51.4 Å². The number of hydrogen-bond donors (Lipinski definition) is 3. The summed E-state index contributed by atoms with van der Waals surface area (Å²) in [5, 5.41) is 38.4. The molecular formula is C50H73NO11. The van der Waals surface area contributed by atoms with Crippen molar-refractivity contribution in [1.82, 2.24) is 4.90 Å². The molecule has 1 aromatic carbocycles. The zero-order valence-electron chi connectivity index (χ0n) is 37.9. The summed E-state index contributed by atoms with van der Waals surface area (Å²) in [4.78, 5) is 31.0. The van der Waals surface area contributed by atoms with Crippen LogP contribution in [0.4, 0.5) is 0 Å². The van der Waals surface area contributed by atoms with Gasteiger partial charge in [0.1, 0.15) is 23.9 Å². The van der Waals surface area contributed by atoms with Crippen molar-refractivity contribution in [3.8, 4) is 0 Å². The Bertz CT molecular complexity index is 1770. The number of allylic oxidation sites excluding steroid dienone is 6. The van der Waals surface area contributed by atoms with E-state index in [1.165, 1.54) is 7.11 Å². The molecule has 1 aliphatic heterocycles. The number of hydrogen-bond acceptors (Lipinski definition) is 12. The van der Waals surface area contributed by atoms with Crippen molar-refractivity contribution < 1.29 is 53.3 Å². The smallest absolute Gasteiger partial charge is 0.338 e. The molecule has 12 nitrogen and oxygen atoms in total. The zero-order valence-corrected chi connectivity index (χ0v) is 37.9. The quantitative estimate of drug-likeness (QED) is 0.0690. The second-order valence-electron chi connectivity index (χ2n) is 18.9. The number of aliphatic hydroxyl groups is 3. The lowest BCUT2D eigenvalue weighted by Gasteiger charge is -2.70. The molecule has 3 N–H and O–H groups in total. The maximum absolute atomic E-state index is 14.6. The molecule has 15 unspecified atom stereocenters. The van der Waals surface area contributed by atoms with Crippen molar-refractivity contribution in [2.24, 2.45) is 34.5 Å². The second kappa shape index (κ2) is 19.7. The lowest BCUT2D eigenvalue weighted by molar-refractivity contribution is -0.323. The average molecular weight is 864 g/mol. The first-order chi connectivity index (χ1) is 30.0. The van der Waals surface area contributed by atoms with Crippen LogP contribution in [0.3, 0.4) is 0 Å². The first-order valence-electron chi connectivity index (χ1n) is 23.4. The van der Waals surface area contributed by atoms with Gasteiger partial charge < -0.3 is 43.7 Å². The van der Waals surface area contributed by atoms with Gasteiger partial charge in [-0.25, -0.2) is 4.79 Å². The van der Waals surface area contributed by atoms with E-state index in [-0.39, 0.29) is 25.5 Å². The SMILES string of the molecule is CCC=CCC=CCC=CCCCCCCCC(=O)OC12C(O)C(OC)C3(O)CC(C1C3OC(=O)c1ccccc1)C13C(OC)CC(O)C4(COC)CN(CC)C1C2C(OC)C43. The molecule has 15 atom stereocenters. The molecule has 7 bridgehead atoms. The lowest BCUT2D eigenvalue weighted by Crippen LogP contribution is -2.81. The molecule has 1 saturated heterocycles. The van der Waals surface area contributed by atoms with E-state index >= 15 is 0 Å². The highest BCUT2D eigenvalue weighted by molar-refractivity contribution is 5.89. The molecule has 1 spiro atoms. The summed E-state index contributed by atoms with van der Waals surface area (Å²) in [5.74, 6) is -3.55. The summed E-state index contributed by atoms with van der Waals surface area (Å²) >= 11 is 0. The standard InChI is InChI=1S/C50H73NO11/c1-7-9-10-11-12-13-14-15-16-17-18-19-20-21-25-28-37(53)62-50-38-34(30-48(56,45(60-6)43(50)54)44(38)61-46(55)33-26-23-22-24-27-33)49-36(58-4)29-35(52)47(32-57-3)31-51(8-2)42(49)39(50)40(59-5)41(47)49/h9-10,12-13,15-16,22-24,26-27,34-36,38-45,52,54,56H,7-8,11,14,17-21,25,28-32H2,1-6H3. The van der Waals surface area contributed by atoms with Crippen LogP contribution in [0.5, 0.6) is 0 Å². The third-order valence-corrected chi connectivity index (χ3v) is 16.2. The van der Waals surface area contributed by atoms with Crippen LogP contribution < -0.4 is 0 Å². The molecule has 62 heavy (non-hydrogen) atoms. The van der Waals surface area contributed by atoms with E-state index in [0.29, 0.717) is 31.5 Å². The Morgan fingerprint density at radius 1 is 0.839 bits per heavy atom. The van der Waals surface area contributed by atoms with Gasteiger partial charge in [0.05, 0.1) is 30.5 Å². The van der Waals surface area contributed by atoms with E-state index in [9.17, 15) is 24.9 Å². The van der Waals surface area contributed by atoms with Gasteiger partial charge in [-0.2, -0.15) is 0 Å². The Morgan fingerprint density at radius 2 is 1.53 bits per heavy atom. The van der Waals surface area contributed by atoms with Crippen LogP contribution >= 0.6 is 0 Å². The van der Waals surface area contributed by atoms with Crippen molar-refractivity contribution in [1.29, 1.82) is 0 Å². The molecule has 0 amide bonds. The summed E-state index contributed by atoms with van der Waals surface area (Å²) in [6, 6.07) is 8.28. The topological polar surface area (TPSA) is 153 Å². The van der Waals surface area contributed by atoms with Crippen LogP contribution in [-0.4, -0.2) is 134 Å². The Balaban J connectivity index is 1.20. The first kappa shape index (κ1) is 47.0. The van der Waals surface area contributed by atoms with Gasteiger partial charge in [-0.05, 0) is 69.5 Å². The summed E-state index contributed by atoms with van der Waals surface area (Å²) in [7, 11) is 6.39. The Labute approximate surface area is 369 Å². The van der Waals surface area contributed by atoms with Crippen molar-refractivity contribution >= 4 is 11.9 Å². The van der Waals surface area contributed by atoms with Gasteiger partial charge in [-0.1, -0.05) is 87.8 Å². The molecule has 12 heteroatoms. The number of likely N-dealkylation sites (tertiary alicyclic amines) is 1. The minimum atomic E-state index is -1.85. The summed E-state index contributed by atoms with van der Waals surface area (Å²) in [5.41, 5.74) is -4.88. The number of unbranched alkanes of at least 4 members (excludes halogenated alkanes) is 5. The van der Waals surface area contributed by atoms with Gasteiger partial charge in [0.15, 0.2) is 5.60 Å². The molecule has 5 saturated carbocycles. The van der Waals surface area contributed by atoms with Crippen LogP contribution in [0.1, 0.15) is 101 Å². The predicted molar refractivity (Wildman–Crippen MR) is 234 cm³/mol. The fourth-order valence-electron chi connectivity index (χ4n) is 14.2. The predicted octanol–water partition coefficient (Wildman–Crippen LogP) is 6.22. The molecule has 344 valence electrons. The lowest BCUT2D eigenvalue weighted by atomic mass is 9.42. The first-order valence-corrected chi connectivity index (χ1v) is 23.4. The van der Waals surface area contributed by atoms with E-state index in [2.05, 4.69) is 55.2 Å². The Morgan fingerprint density at radius 3 is 2.19 bits per heavy atom. The third-order valence-electron chi connectivity index (χ3n) is 16.2. The molecule has 6 fully saturated rings. The van der Waals surface area contributed by atoms with Gasteiger partial charge in [0.2, 0.25) is 0 Å². The van der Waals surface area contributed by atoms with Crippen LogP contribution in [0.15, 0.2) is 66.8 Å². The van der Waals surface area contributed by atoms with E-state index < -0.39 is 94.3 Å². The summed E-state index contributed by atoms with van der Waals surface area (Å²) < 4.78 is 38.7. The van der Waals surface area contributed by atoms with Gasteiger partial charge in [0.25, 0.3) is 0 Å². The number of carbonyl (C=O) groups excluding carboxylic acids is 2. The minimum Gasteiger partial charge on any atom is -0.455 e. The van der Waals surface area contributed by atoms with Gasteiger partial charge >= 0.3 is 11.9 Å². The molecule has 0 radical (unpaired) electrons. The molecule has 0 aromatic heterocycles. The summed E-state index contributed by atoms with van der Waals surface area (Å²) in [6.07, 6.45) is 16.3. The molecule has 5 aliphatic carbocycles. The molecular weight excluding hydrogens is 791 g/mol. The number of carbonyl (C=O) groups is 2. The molecule has 7 rings (SSSR count). The second-order valence-corrected chi connectivity index (χ2v) is 18.9. The Hall–Kier alpha value is -2.94. The van der Waals surface area contributed by atoms with Crippen molar-refractivity contribution in [3.63, 3.8) is 0 Å². The number of fused-ring (bicyclic) bond motifs is 2. The van der Waals surface area contributed by atoms with Crippen molar-refractivity contribution in [2.45, 2.75) is 145 Å². The fraction of sp³-hybridized carbons (Fsp3) is 0.720. The zero-order chi connectivity index (χ0) is 44.3. The maximum atomic E-state index is 14.6. The third kappa shape index (κ3) is 7.46. The number of esters is 2. The average Bonchev–Trinajstić information content (AvgIpc) is 3.65. The maximum Gasteiger partial charge on any atom is 0.338 e. The van der Waals surface area contributed by atoms with Gasteiger partial charge in [-0.3, -0.25) is 9.69 Å². The number of benzene rings is 1. The molecule has 6 aliphatic rings. The van der Waals surface area contributed by atoms with Crippen molar-refractivity contribution in [3.05, 3.63) is 72.4 Å². The number of ether oxygens (including phenoxy) is 6. The molecule has 1 heterocycles. The van der Waals surface area contributed by atoms with E-state index in [1.54, 1.807) is 45.6 Å². The molecule has 1 aromatic rings.